The van der Waals surface area contributed by atoms with Crippen molar-refractivity contribution in [1.29, 1.82) is 0 Å². The van der Waals surface area contributed by atoms with E-state index in [0.717, 1.165) is 35.2 Å². The van der Waals surface area contributed by atoms with E-state index >= 15 is 0 Å². The average molecular weight is 414 g/mol. The molecule has 1 saturated heterocycles. The van der Waals surface area contributed by atoms with Gasteiger partial charge in [0.15, 0.2) is 0 Å². The van der Waals surface area contributed by atoms with Crippen molar-refractivity contribution in [1.82, 2.24) is 20.4 Å². The predicted molar refractivity (Wildman–Crippen MR) is 119 cm³/mol. The fraction of sp³-hybridized carbons (Fsp3) is 0.200. The number of carbonyl (C=O) groups excluding carboxylic acids is 1. The highest BCUT2D eigenvalue weighted by molar-refractivity contribution is 5.94. The number of piperazine rings is 1. The molecule has 0 radical (unpaired) electrons. The van der Waals surface area contributed by atoms with Crippen molar-refractivity contribution in [2.75, 3.05) is 19.6 Å². The van der Waals surface area contributed by atoms with Crippen molar-refractivity contribution in [3.63, 3.8) is 0 Å². The Labute approximate surface area is 179 Å². The minimum atomic E-state index is -0.237. The van der Waals surface area contributed by atoms with Crippen molar-refractivity contribution in [2.45, 2.75) is 12.5 Å². The molecule has 0 saturated carbocycles. The molecule has 1 fully saturated rings. The van der Waals surface area contributed by atoms with Gasteiger partial charge in [0.25, 0.3) is 5.91 Å². The molecule has 0 spiro atoms. The third kappa shape index (κ3) is 4.20. The minimum Gasteiger partial charge on any atom is -0.334 e. The van der Waals surface area contributed by atoms with Crippen LogP contribution in [0.5, 0.6) is 0 Å². The van der Waals surface area contributed by atoms with E-state index in [2.05, 4.69) is 39.8 Å². The highest BCUT2D eigenvalue weighted by Crippen LogP contribution is 2.24. The number of carbonyl (C=O) groups is 1. The summed E-state index contributed by atoms with van der Waals surface area (Å²) in [7, 11) is 0. The van der Waals surface area contributed by atoms with Gasteiger partial charge in [0.2, 0.25) is 0 Å². The SMILES string of the molecule is O=C(c1cc(-c2ccc3ccccc3c2)n[nH]1)N1CCNC(Cc2ccc(F)cc2)C1. The van der Waals surface area contributed by atoms with Crippen LogP contribution in [-0.4, -0.2) is 46.7 Å². The summed E-state index contributed by atoms with van der Waals surface area (Å²) in [5.41, 5.74) is 3.27. The molecular weight excluding hydrogens is 391 g/mol. The van der Waals surface area contributed by atoms with Gasteiger partial charge in [0.05, 0.1) is 5.69 Å². The Balaban J connectivity index is 1.29. The molecule has 5 nitrogen and oxygen atoms in total. The molecule has 1 aromatic heterocycles. The number of hydrogen-bond acceptors (Lipinski definition) is 3. The number of amides is 1. The first kappa shape index (κ1) is 19.5. The Morgan fingerprint density at radius 2 is 1.84 bits per heavy atom. The zero-order valence-corrected chi connectivity index (χ0v) is 17.0. The van der Waals surface area contributed by atoms with E-state index in [1.807, 2.05) is 29.2 Å². The van der Waals surface area contributed by atoms with Crippen LogP contribution in [0.1, 0.15) is 16.1 Å². The van der Waals surface area contributed by atoms with Crippen LogP contribution in [0, 0.1) is 5.82 Å². The first-order valence-electron chi connectivity index (χ1n) is 10.5. The molecular formula is C25H23FN4O. The van der Waals surface area contributed by atoms with Crippen molar-refractivity contribution >= 4 is 16.7 Å². The maximum atomic E-state index is 13.1. The highest BCUT2D eigenvalue weighted by Gasteiger charge is 2.25. The highest BCUT2D eigenvalue weighted by atomic mass is 19.1. The maximum absolute atomic E-state index is 13.1. The summed E-state index contributed by atoms with van der Waals surface area (Å²) in [5, 5.41) is 13.1. The van der Waals surface area contributed by atoms with E-state index in [-0.39, 0.29) is 17.8 Å². The van der Waals surface area contributed by atoms with Gasteiger partial charge in [-0.05, 0) is 47.0 Å². The molecule has 2 heterocycles. The van der Waals surface area contributed by atoms with Crippen molar-refractivity contribution in [3.05, 3.63) is 89.9 Å². The molecule has 1 atom stereocenters. The molecule has 4 aromatic rings. The number of nitrogens with zero attached hydrogens (tertiary/aromatic N) is 2. The van der Waals surface area contributed by atoms with Crippen LogP contribution in [0.3, 0.4) is 0 Å². The summed E-state index contributed by atoms with van der Waals surface area (Å²) in [6.07, 6.45) is 0.745. The van der Waals surface area contributed by atoms with Gasteiger partial charge in [-0.3, -0.25) is 9.89 Å². The number of aromatic amines is 1. The second-order valence-corrected chi connectivity index (χ2v) is 7.96. The molecule has 1 aliphatic heterocycles. The molecule has 0 bridgehead atoms. The molecule has 3 aromatic carbocycles. The molecule has 31 heavy (non-hydrogen) atoms. The van der Waals surface area contributed by atoms with Gasteiger partial charge < -0.3 is 10.2 Å². The van der Waals surface area contributed by atoms with Crippen molar-refractivity contribution in [2.24, 2.45) is 0 Å². The number of halogens is 1. The van der Waals surface area contributed by atoms with Crippen LogP contribution >= 0.6 is 0 Å². The van der Waals surface area contributed by atoms with Crippen LogP contribution < -0.4 is 5.32 Å². The van der Waals surface area contributed by atoms with E-state index in [1.165, 1.54) is 17.5 Å². The predicted octanol–water partition coefficient (Wildman–Crippen LogP) is 4.03. The topological polar surface area (TPSA) is 61.0 Å². The zero-order chi connectivity index (χ0) is 21.2. The van der Waals surface area contributed by atoms with Crippen molar-refractivity contribution in [3.8, 4) is 11.3 Å². The monoisotopic (exact) mass is 414 g/mol. The Kier molecular flexibility index (Phi) is 5.22. The summed E-state index contributed by atoms with van der Waals surface area (Å²) >= 11 is 0. The Morgan fingerprint density at radius 3 is 2.68 bits per heavy atom. The van der Waals surface area contributed by atoms with Gasteiger partial charge in [-0.1, -0.05) is 48.5 Å². The van der Waals surface area contributed by atoms with Crippen LogP contribution in [-0.2, 0) is 6.42 Å². The van der Waals surface area contributed by atoms with Gasteiger partial charge in [-0.15, -0.1) is 0 Å². The fourth-order valence-electron chi connectivity index (χ4n) is 4.15. The normalized spacial score (nSPS) is 16.5. The summed E-state index contributed by atoms with van der Waals surface area (Å²) in [6.45, 7) is 1.97. The van der Waals surface area contributed by atoms with Crippen molar-refractivity contribution < 1.29 is 9.18 Å². The summed E-state index contributed by atoms with van der Waals surface area (Å²) in [6, 6.07) is 22.8. The van der Waals surface area contributed by atoms with Gasteiger partial charge in [-0.2, -0.15) is 5.10 Å². The summed E-state index contributed by atoms with van der Waals surface area (Å²) in [4.78, 5) is 14.9. The number of aromatic nitrogens is 2. The molecule has 6 heteroatoms. The lowest BCUT2D eigenvalue weighted by Crippen LogP contribution is -2.53. The second kappa shape index (κ2) is 8.32. The molecule has 1 aliphatic rings. The lowest BCUT2D eigenvalue weighted by atomic mass is 10.0. The largest absolute Gasteiger partial charge is 0.334 e. The zero-order valence-electron chi connectivity index (χ0n) is 17.0. The average Bonchev–Trinajstić information content (AvgIpc) is 3.30. The standard InChI is InChI=1S/C25H23FN4O/c26-21-9-5-17(6-10-21)13-22-16-30(12-11-27-22)25(31)24-15-23(28-29-24)20-8-7-18-3-1-2-4-19(18)14-20/h1-10,14-15,22,27H,11-13,16H2,(H,28,29). The second-order valence-electron chi connectivity index (χ2n) is 7.96. The van der Waals surface area contributed by atoms with Gasteiger partial charge >= 0.3 is 0 Å². The number of fused-ring (bicyclic) bond motifs is 1. The van der Waals surface area contributed by atoms with Gasteiger partial charge in [0, 0.05) is 31.2 Å². The number of benzene rings is 3. The molecule has 1 amide bonds. The van der Waals surface area contributed by atoms with E-state index in [9.17, 15) is 9.18 Å². The van der Waals surface area contributed by atoms with E-state index in [0.29, 0.717) is 18.8 Å². The first-order chi connectivity index (χ1) is 15.2. The lowest BCUT2D eigenvalue weighted by molar-refractivity contribution is 0.0697. The third-order valence-corrected chi connectivity index (χ3v) is 5.79. The number of H-pyrrole nitrogens is 1. The van der Waals surface area contributed by atoms with Crippen LogP contribution in [0.25, 0.3) is 22.0 Å². The molecule has 5 rings (SSSR count). The molecule has 2 N–H and O–H groups in total. The molecule has 156 valence electrons. The maximum Gasteiger partial charge on any atom is 0.271 e. The smallest absolute Gasteiger partial charge is 0.271 e. The minimum absolute atomic E-state index is 0.0508. The van der Waals surface area contributed by atoms with Gasteiger partial charge in [-0.25, -0.2) is 4.39 Å². The van der Waals surface area contributed by atoms with Crippen LogP contribution in [0.2, 0.25) is 0 Å². The summed E-state index contributed by atoms with van der Waals surface area (Å²) in [5.74, 6) is -0.288. The molecule has 0 aliphatic carbocycles. The third-order valence-electron chi connectivity index (χ3n) is 5.79. The fourth-order valence-corrected chi connectivity index (χ4v) is 4.15. The van der Waals surface area contributed by atoms with E-state index < -0.39 is 0 Å². The van der Waals surface area contributed by atoms with E-state index in [4.69, 9.17) is 0 Å². The summed E-state index contributed by atoms with van der Waals surface area (Å²) < 4.78 is 13.1. The Hall–Kier alpha value is -3.51. The number of nitrogens with one attached hydrogen (secondary N) is 2. The molecule has 1 unspecified atom stereocenters. The van der Waals surface area contributed by atoms with E-state index in [1.54, 1.807) is 12.1 Å². The number of hydrogen-bond donors (Lipinski definition) is 2. The van der Waals surface area contributed by atoms with Gasteiger partial charge in [0.1, 0.15) is 11.5 Å². The quantitative estimate of drug-likeness (QED) is 0.530. The van der Waals surface area contributed by atoms with Crippen LogP contribution in [0.4, 0.5) is 4.39 Å². The lowest BCUT2D eigenvalue weighted by Gasteiger charge is -2.33. The first-order valence-corrected chi connectivity index (χ1v) is 10.5. The number of rotatable bonds is 4. The Morgan fingerprint density at radius 1 is 1.03 bits per heavy atom. The van der Waals surface area contributed by atoms with Crippen LogP contribution in [0.15, 0.2) is 72.8 Å². The Bertz CT molecular complexity index is 1220.